The molecule has 4 aliphatic carbocycles. The molecule has 1 aromatic rings. The van der Waals surface area contributed by atoms with E-state index >= 15 is 0 Å². The van der Waals surface area contributed by atoms with Crippen molar-refractivity contribution in [1.82, 2.24) is 0 Å². The fourth-order valence-electron chi connectivity index (χ4n) is 10.4. The highest BCUT2D eigenvalue weighted by Crippen LogP contribution is 2.68. The Bertz CT molecular complexity index is 1060. The Kier molecular flexibility index (Phi) is 8.42. The van der Waals surface area contributed by atoms with Crippen LogP contribution in [0, 0.1) is 58.0 Å². The van der Waals surface area contributed by atoms with Crippen molar-refractivity contribution in [2.45, 2.75) is 116 Å². The first kappa shape index (κ1) is 29.9. The molecule has 5 nitrogen and oxygen atoms in total. The molecule has 0 aliphatic heterocycles. The number of carbonyl (C=O) groups is 1. The number of hydrogen-bond acceptors (Lipinski definition) is 5. The van der Waals surface area contributed by atoms with Gasteiger partial charge in [-0.3, -0.25) is 4.79 Å². The third-order valence-electron chi connectivity index (χ3n) is 12.3. The first-order chi connectivity index (χ1) is 18.9. The number of rotatable bonds is 7. The van der Waals surface area contributed by atoms with Crippen molar-refractivity contribution < 1.29 is 28.5 Å². The highest BCUT2D eigenvalue weighted by molar-refractivity contribution is 5.66. The number of halogens is 2. The van der Waals surface area contributed by atoms with Crippen LogP contribution < -0.4 is 5.73 Å². The molecule has 5 rings (SSSR count). The van der Waals surface area contributed by atoms with Gasteiger partial charge in [0.2, 0.25) is 0 Å². The maximum atomic E-state index is 14.5. The van der Waals surface area contributed by atoms with Gasteiger partial charge >= 0.3 is 5.97 Å². The molecular formula is C33H49F2NO4. The van der Waals surface area contributed by atoms with E-state index < -0.39 is 35.9 Å². The lowest BCUT2D eigenvalue weighted by Crippen LogP contribution is -2.63. The molecule has 0 spiro atoms. The molecule has 224 valence electrons. The number of aliphatic hydroxyl groups is 2. The van der Waals surface area contributed by atoms with Crippen molar-refractivity contribution in [2.75, 3.05) is 0 Å². The third kappa shape index (κ3) is 5.02. The minimum Gasteiger partial charge on any atom is -0.457 e. The minimum atomic E-state index is -0.924. The number of fused-ring (bicyclic) bond motifs is 5. The van der Waals surface area contributed by atoms with E-state index in [9.17, 15) is 23.8 Å². The van der Waals surface area contributed by atoms with Crippen molar-refractivity contribution in [3.05, 3.63) is 35.4 Å². The summed E-state index contributed by atoms with van der Waals surface area (Å²) in [6.07, 6.45) is 6.78. The van der Waals surface area contributed by atoms with E-state index in [1.54, 1.807) is 0 Å². The Balaban J connectivity index is 1.26. The fraction of sp³-hybridized carbons (Fsp3) is 0.788. The Morgan fingerprint density at radius 1 is 1.02 bits per heavy atom. The zero-order valence-electron chi connectivity index (χ0n) is 24.6. The van der Waals surface area contributed by atoms with E-state index in [4.69, 9.17) is 10.5 Å². The first-order valence-electron chi connectivity index (χ1n) is 15.6. The zero-order chi connectivity index (χ0) is 29.0. The quantitative estimate of drug-likeness (QED) is 0.340. The summed E-state index contributed by atoms with van der Waals surface area (Å²) < 4.78 is 34.4. The first-order valence-corrected chi connectivity index (χ1v) is 15.6. The summed E-state index contributed by atoms with van der Waals surface area (Å²) in [7, 11) is 0. The van der Waals surface area contributed by atoms with Crippen LogP contribution in [0.3, 0.4) is 0 Å². The van der Waals surface area contributed by atoms with Crippen molar-refractivity contribution in [3.8, 4) is 0 Å². The lowest BCUT2D eigenvalue weighted by Gasteiger charge is -2.63. The van der Waals surface area contributed by atoms with Crippen molar-refractivity contribution in [3.63, 3.8) is 0 Å². The maximum Gasteiger partial charge on any atom is 0.303 e. The molecule has 1 aromatic carbocycles. The van der Waals surface area contributed by atoms with E-state index in [1.165, 1.54) is 31.5 Å². The smallest absolute Gasteiger partial charge is 0.303 e. The van der Waals surface area contributed by atoms with E-state index in [2.05, 4.69) is 20.8 Å². The number of esters is 1. The van der Waals surface area contributed by atoms with Gasteiger partial charge in [-0.1, -0.05) is 33.3 Å². The monoisotopic (exact) mass is 561 g/mol. The minimum absolute atomic E-state index is 0.0257. The summed E-state index contributed by atoms with van der Waals surface area (Å²) in [6, 6.07) is 3.79. The number of hydrogen-bond donors (Lipinski definition) is 3. The summed E-state index contributed by atoms with van der Waals surface area (Å²) >= 11 is 0. The number of nitrogens with two attached hydrogens (primary N) is 1. The van der Waals surface area contributed by atoms with Crippen LogP contribution in [0.1, 0.15) is 104 Å². The molecule has 3 unspecified atom stereocenters. The lowest BCUT2D eigenvalue weighted by atomic mass is 9.43. The van der Waals surface area contributed by atoms with E-state index in [0.29, 0.717) is 42.4 Å². The van der Waals surface area contributed by atoms with Gasteiger partial charge in [0, 0.05) is 13.0 Å². The third-order valence-corrected chi connectivity index (χ3v) is 12.3. The lowest BCUT2D eigenvalue weighted by molar-refractivity contribution is -0.180. The average molecular weight is 562 g/mol. The molecule has 4 saturated carbocycles. The van der Waals surface area contributed by atoms with Gasteiger partial charge in [-0.25, -0.2) is 8.78 Å². The normalized spacial score (nSPS) is 42.3. The molecule has 0 bridgehead atoms. The predicted octanol–water partition coefficient (Wildman–Crippen LogP) is 6.30. The summed E-state index contributed by atoms with van der Waals surface area (Å²) in [5.74, 6) is 0.631. The summed E-state index contributed by atoms with van der Waals surface area (Å²) in [6.45, 7) is 8.41. The molecular weight excluding hydrogens is 512 g/mol. The molecule has 0 aromatic heterocycles. The zero-order valence-corrected chi connectivity index (χ0v) is 24.6. The van der Waals surface area contributed by atoms with Gasteiger partial charge in [-0.2, -0.15) is 0 Å². The van der Waals surface area contributed by atoms with Gasteiger partial charge in [-0.15, -0.1) is 0 Å². The number of ether oxygens (including phenoxy) is 1. The molecule has 0 saturated heterocycles. The van der Waals surface area contributed by atoms with Crippen LogP contribution in [0.25, 0.3) is 0 Å². The molecule has 0 heterocycles. The number of aliphatic hydroxyl groups excluding tert-OH is 2. The van der Waals surface area contributed by atoms with Gasteiger partial charge in [0.1, 0.15) is 17.7 Å². The van der Waals surface area contributed by atoms with Gasteiger partial charge < -0.3 is 20.7 Å². The summed E-state index contributed by atoms with van der Waals surface area (Å²) in [4.78, 5) is 11.7. The second-order valence-corrected chi connectivity index (χ2v) is 14.3. The van der Waals surface area contributed by atoms with Crippen LogP contribution >= 0.6 is 0 Å². The molecule has 4 N–H and O–H groups in total. The molecule has 4 fully saturated rings. The fourth-order valence-corrected chi connectivity index (χ4v) is 10.4. The standard InChI is InChI=1S/C33H49F2NO4/c1-18(7-5-10-28(40-19(2)37)30-24(34)8-6-9-25(30)35)20-11-12-21-29-22(13-15-32(20,21)3)33(4)16-14-27(38)31(39)23(33)17-26(29)36/h6,8-9,18,20-23,26-29,31,38-39H,5,7,10-17,36H2,1-4H3/t18?,20-,21+,22+,23+,26?,27+,28?,29+,31-,32-,33-/m1/s1. The Labute approximate surface area is 238 Å². The van der Waals surface area contributed by atoms with Crippen molar-refractivity contribution in [2.24, 2.45) is 52.1 Å². The largest absolute Gasteiger partial charge is 0.457 e. The molecule has 0 radical (unpaired) electrons. The predicted molar refractivity (Wildman–Crippen MR) is 150 cm³/mol. The number of carbonyl (C=O) groups excluding carboxylic acids is 1. The SMILES string of the molecule is CC(=O)OC(CCCC(C)[C@H]1CC[C@H]2[C@@H]3C(N)C[C@H]4[C@@H](O)[C@@H](O)CC[C@]4(C)[C@H]3CC[C@]12C)c1c(F)cccc1F. The van der Waals surface area contributed by atoms with E-state index in [0.717, 1.165) is 44.9 Å². The van der Waals surface area contributed by atoms with Gasteiger partial charge in [0.25, 0.3) is 0 Å². The maximum absolute atomic E-state index is 14.5. The number of benzene rings is 1. The highest BCUT2D eigenvalue weighted by atomic mass is 19.1. The topological polar surface area (TPSA) is 92.8 Å². The van der Waals surface area contributed by atoms with Crippen LogP contribution in [0.4, 0.5) is 8.78 Å². The van der Waals surface area contributed by atoms with Gasteiger partial charge in [0.05, 0.1) is 17.8 Å². The van der Waals surface area contributed by atoms with Crippen molar-refractivity contribution >= 4 is 5.97 Å². The second-order valence-electron chi connectivity index (χ2n) is 14.3. The highest BCUT2D eigenvalue weighted by Gasteiger charge is 2.63. The Morgan fingerprint density at radius 2 is 1.68 bits per heavy atom. The average Bonchev–Trinajstić information content (AvgIpc) is 3.24. The molecule has 4 aliphatic rings. The Hall–Kier alpha value is -1.57. The summed E-state index contributed by atoms with van der Waals surface area (Å²) in [5, 5.41) is 21.3. The van der Waals surface area contributed by atoms with E-state index in [-0.39, 0.29) is 28.4 Å². The van der Waals surface area contributed by atoms with Crippen LogP contribution in [0.5, 0.6) is 0 Å². The molecule has 0 amide bonds. The van der Waals surface area contributed by atoms with E-state index in [1.807, 2.05) is 0 Å². The second kappa shape index (κ2) is 11.3. The summed E-state index contributed by atoms with van der Waals surface area (Å²) in [5.41, 5.74) is 7.00. The molecule has 7 heteroatoms. The molecule has 12 atom stereocenters. The van der Waals surface area contributed by atoms with Crippen LogP contribution in [-0.4, -0.2) is 34.4 Å². The Morgan fingerprint density at radius 3 is 2.35 bits per heavy atom. The van der Waals surface area contributed by atoms with Gasteiger partial charge in [0.15, 0.2) is 0 Å². The van der Waals surface area contributed by atoms with Crippen LogP contribution in [0.15, 0.2) is 18.2 Å². The van der Waals surface area contributed by atoms with Gasteiger partial charge in [-0.05, 0) is 116 Å². The van der Waals surface area contributed by atoms with Crippen LogP contribution in [0.2, 0.25) is 0 Å². The van der Waals surface area contributed by atoms with Crippen LogP contribution in [-0.2, 0) is 9.53 Å². The molecule has 40 heavy (non-hydrogen) atoms. The van der Waals surface area contributed by atoms with Crippen molar-refractivity contribution in [1.29, 1.82) is 0 Å².